The topological polar surface area (TPSA) is 152 Å². The first kappa shape index (κ1) is 34.4. The summed E-state index contributed by atoms with van der Waals surface area (Å²) in [5, 5.41) is 9.68. The number of aromatic nitrogens is 4. The Labute approximate surface area is 292 Å². The number of thiophene rings is 1. The Morgan fingerprint density at radius 2 is 1.98 bits per heavy atom. The highest BCUT2D eigenvalue weighted by Gasteiger charge is 2.44. The number of fused-ring (bicyclic) bond motifs is 2. The zero-order valence-corrected chi connectivity index (χ0v) is 28.3. The summed E-state index contributed by atoms with van der Waals surface area (Å²) in [6, 6.07) is 6.04. The number of halogens is 5. The number of ether oxygens (including phenoxy) is 2. The number of nitrogen functional groups attached to an aromatic ring is 2. The second-order valence-corrected chi connectivity index (χ2v) is 13.6. The van der Waals surface area contributed by atoms with Crippen LogP contribution in [0.1, 0.15) is 48.9 Å². The molecule has 0 bridgehead atoms. The fourth-order valence-electron chi connectivity index (χ4n) is 7.31. The summed E-state index contributed by atoms with van der Waals surface area (Å²) in [5.74, 6) is -1.82. The third kappa shape index (κ3) is 5.95. The highest BCUT2D eigenvalue weighted by atomic mass is 32.1. The minimum absolute atomic E-state index is 0.0446. The monoisotopic (exact) mass is 725 g/mol. The van der Waals surface area contributed by atoms with Crippen molar-refractivity contribution in [3.8, 4) is 29.0 Å². The van der Waals surface area contributed by atoms with Gasteiger partial charge in [-0.05, 0) is 44.4 Å². The molecule has 17 heteroatoms. The number of alkyl halides is 4. The second kappa shape index (κ2) is 13.2. The SMILES string of the molecule is COc1nc2c3c(c(C(F)(F)F)c(-c4cccc5sc(N)c(C#N)c45)c(F)c3n1)OCCN2C(C)c1cncnc1N.FC1CC2CCCN2C1. The highest BCUT2D eigenvalue weighted by molar-refractivity contribution is 7.23. The van der Waals surface area contributed by atoms with E-state index in [0.717, 1.165) is 24.3 Å². The van der Waals surface area contributed by atoms with Crippen molar-refractivity contribution in [1.82, 2.24) is 24.8 Å². The molecule has 8 rings (SSSR count). The summed E-state index contributed by atoms with van der Waals surface area (Å²) in [5.41, 5.74) is 9.69. The Morgan fingerprint density at radius 1 is 1.18 bits per heavy atom. The fourth-order valence-corrected chi connectivity index (χ4v) is 8.26. The maximum atomic E-state index is 16.7. The molecule has 2 fully saturated rings. The average Bonchev–Trinajstić information content (AvgIpc) is 3.74. The van der Waals surface area contributed by atoms with Crippen LogP contribution in [0.15, 0.2) is 30.7 Å². The minimum Gasteiger partial charge on any atom is -0.490 e. The number of nitrogens with zero attached hydrogens (tertiary/aromatic N) is 7. The Kier molecular flexibility index (Phi) is 8.92. The van der Waals surface area contributed by atoms with E-state index in [4.69, 9.17) is 20.9 Å². The second-order valence-electron chi connectivity index (χ2n) is 12.5. The van der Waals surface area contributed by atoms with Crippen LogP contribution < -0.4 is 25.8 Å². The van der Waals surface area contributed by atoms with Crippen LogP contribution in [0.3, 0.4) is 0 Å². The molecule has 0 saturated carbocycles. The van der Waals surface area contributed by atoms with Gasteiger partial charge in [0.15, 0.2) is 5.82 Å². The summed E-state index contributed by atoms with van der Waals surface area (Å²) in [4.78, 5) is 20.4. The molecule has 4 N–H and O–H groups in total. The van der Waals surface area contributed by atoms with Gasteiger partial charge < -0.3 is 25.8 Å². The third-order valence-corrected chi connectivity index (χ3v) is 10.6. The van der Waals surface area contributed by atoms with Crippen LogP contribution in [0.25, 0.3) is 32.1 Å². The first-order valence-electron chi connectivity index (χ1n) is 16.2. The van der Waals surface area contributed by atoms with Crippen molar-refractivity contribution in [2.45, 2.75) is 50.6 Å². The van der Waals surface area contributed by atoms with Gasteiger partial charge in [-0.1, -0.05) is 12.1 Å². The van der Waals surface area contributed by atoms with Crippen molar-refractivity contribution in [1.29, 1.82) is 5.26 Å². The summed E-state index contributed by atoms with van der Waals surface area (Å²) >= 11 is 1.02. The van der Waals surface area contributed by atoms with E-state index < -0.39 is 46.6 Å². The Morgan fingerprint density at radius 3 is 2.69 bits per heavy atom. The van der Waals surface area contributed by atoms with Gasteiger partial charge in [-0.2, -0.15) is 28.4 Å². The maximum Gasteiger partial charge on any atom is 0.420 e. The highest BCUT2D eigenvalue weighted by Crippen LogP contribution is 2.53. The van der Waals surface area contributed by atoms with Crippen molar-refractivity contribution in [2.24, 2.45) is 0 Å². The molecule has 266 valence electrons. The van der Waals surface area contributed by atoms with Gasteiger partial charge >= 0.3 is 12.2 Å². The van der Waals surface area contributed by atoms with Crippen LogP contribution in [0.5, 0.6) is 11.8 Å². The van der Waals surface area contributed by atoms with Crippen LogP contribution in [0, 0.1) is 17.1 Å². The first-order valence-corrected chi connectivity index (χ1v) is 17.0. The molecular weight excluding hydrogens is 693 g/mol. The Hall–Kier alpha value is -5.08. The summed E-state index contributed by atoms with van der Waals surface area (Å²) < 4.78 is 85.9. The summed E-state index contributed by atoms with van der Waals surface area (Å²) in [6.45, 7) is 3.42. The van der Waals surface area contributed by atoms with Gasteiger partial charge in [-0.25, -0.2) is 18.7 Å². The number of anilines is 3. The van der Waals surface area contributed by atoms with Crippen LogP contribution >= 0.6 is 11.3 Å². The molecule has 3 aliphatic rings. The molecule has 51 heavy (non-hydrogen) atoms. The molecule has 3 atom stereocenters. The lowest BCUT2D eigenvalue weighted by Gasteiger charge is -2.30. The lowest BCUT2D eigenvalue weighted by molar-refractivity contribution is -0.138. The Bertz CT molecular complexity index is 2180. The van der Waals surface area contributed by atoms with Gasteiger partial charge in [0, 0.05) is 40.0 Å². The van der Waals surface area contributed by atoms with Crippen molar-refractivity contribution < 1.29 is 31.4 Å². The number of nitrogens with two attached hydrogens (primary N) is 2. The lowest BCUT2D eigenvalue weighted by atomic mass is 9.91. The number of hydrogen-bond acceptors (Lipinski definition) is 12. The summed E-state index contributed by atoms with van der Waals surface area (Å²) in [6.07, 6.45) is 0.476. The van der Waals surface area contributed by atoms with E-state index in [1.165, 1.54) is 44.6 Å². The van der Waals surface area contributed by atoms with E-state index in [9.17, 15) is 9.65 Å². The van der Waals surface area contributed by atoms with Crippen molar-refractivity contribution in [3.05, 3.63) is 53.2 Å². The molecule has 0 amide bonds. The molecular formula is C34H32F5N9O2S. The zero-order chi connectivity index (χ0) is 36.2. The van der Waals surface area contributed by atoms with Gasteiger partial charge in [0.05, 0.1) is 30.6 Å². The molecule has 5 aromatic rings. The molecule has 0 aliphatic carbocycles. The maximum absolute atomic E-state index is 16.7. The molecule has 3 aliphatic heterocycles. The molecule has 6 heterocycles. The smallest absolute Gasteiger partial charge is 0.420 e. The van der Waals surface area contributed by atoms with E-state index >= 15 is 17.6 Å². The standard InChI is InChI=1S/C27H20F4N8O2S.C7H12FN/c1-11(14-9-35-10-36-23(14)33)39-6-7-41-22-18-21(37-26(40-2)38-25(18)39)20(28)17(19(22)27(29,30)31)12-4-3-5-15-16(12)13(8-32)24(34)42-15;8-6-4-7-2-1-3-9(7)5-6/h3-5,9-11H,6-7,34H2,1-2H3,(H2,33,35,36);6-7H,1-5H2. The van der Waals surface area contributed by atoms with Gasteiger partial charge in [-0.3, -0.25) is 4.90 Å². The van der Waals surface area contributed by atoms with Crippen LogP contribution in [-0.4, -0.2) is 70.4 Å². The van der Waals surface area contributed by atoms with Gasteiger partial charge in [0.25, 0.3) is 0 Å². The van der Waals surface area contributed by atoms with Gasteiger partial charge in [-0.15, -0.1) is 11.3 Å². The predicted molar refractivity (Wildman–Crippen MR) is 183 cm³/mol. The largest absolute Gasteiger partial charge is 0.490 e. The summed E-state index contributed by atoms with van der Waals surface area (Å²) in [7, 11) is 1.26. The van der Waals surface area contributed by atoms with E-state index in [1.54, 1.807) is 17.9 Å². The average molecular weight is 726 g/mol. The molecule has 0 radical (unpaired) electrons. The molecule has 3 unspecified atom stereocenters. The van der Waals surface area contributed by atoms with Crippen molar-refractivity contribution in [3.63, 3.8) is 0 Å². The van der Waals surface area contributed by atoms with E-state index in [1.807, 2.05) is 6.07 Å². The van der Waals surface area contributed by atoms with Crippen LogP contribution in [0.4, 0.5) is 38.6 Å². The van der Waals surface area contributed by atoms with Crippen molar-refractivity contribution in [2.75, 3.05) is 49.7 Å². The number of hydrogen-bond donors (Lipinski definition) is 2. The van der Waals surface area contributed by atoms with E-state index in [2.05, 4.69) is 24.8 Å². The van der Waals surface area contributed by atoms with E-state index in [0.29, 0.717) is 22.8 Å². The first-order chi connectivity index (χ1) is 24.4. The Balaban J connectivity index is 0.000000389. The number of nitriles is 1. The number of benzene rings is 2. The zero-order valence-electron chi connectivity index (χ0n) is 27.5. The molecule has 11 nitrogen and oxygen atoms in total. The van der Waals surface area contributed by atoms with E-state index in [-0.39, 0.29) is 57.7 Å². The van der Waals surface area contributed by atoms with Gasteiger partial charge in [0.2, 0.25) is 0 Å². The molecule has 3 aromatic heterocycles. The van der Waals surface area contributed by atoms with Gasteiger partial charge in [0.1, 0.15) is 58.6 Å². The lowest BCUT2D eigenvalue weighted by Crippen LogP contribution is -2.31. The van der Waals surface area contributed by atoms with Crippen LogP contribution in [0.2, 0.25) is 0 Å². The quantitative estimate of drug-likeness (QED) is 0.192. The number of rotatable bonds is 4. The normalized spacial score (nSPS) is 19.2. The third-order valence-electron chi connectivity index (χ3n) is 9.59. The molecule has 2 saturated heterocycles. The van der Waals surface area contributed by atoms with Crippen LogP contribution in [-0.2, 0) is 6.18 Å². The predicted octanol–water partition coefficient (Wildman–Crippen LogP) is 6.66. The number of methoxy groups -OCH3 is 1. The molecule has 2 aromatic carbocycles. The fraction of sp³-hybridized carbons (Fsp3) is 0.382. The minimum atomic E-state index is -5.09. The molecule has 0 spiro atoms. The van der Waals surface area contributed by atoms with Crippen molar-refractivity contribution >= 4 is 49.0 Å².